The van der Waals surface area contributed by atoms with Crippen molar-refractivity contribution in [1.82, 2.24) is 19.4 Å². The van der Waals surface area contributed by atoms with E-state index in [1.807, 2.05) is 24.8 Å². The maximum Gasteiger partial charge on any atom is 0.322 e. The molecule has 0 saturated carbocycles. The van der Waals surface area contributed by atoms with E-state index in [1.165, 1.54) is 34.0 Å². The van der Waals surface area contributed by atoms with Crippen LogP contribution in [0, 0.1) is 0 Å². The van der Waals surface area contributed by atoms with Gasteiger partial charge in [-0.15, -0.1) is 16.4 Å². The van der Waals surface area contributed by atoms with Gasteiger partial charge < -0.3 is 14.3 Å². The number of aromatic nitrogens is 1. The summed E-state index contributed by atoms with van der Waals surface area (Å²) < 4.78 is 3.15. The van der Waals surface area contributed by atoms with Crippen LogP contribution in [0.2, 0.25) is 4.34 Å². The summed E-state index contributed by atoms with van der Waals surface area (Å²) in [6.07, 6.45) is 0.854. The lowest BCUT2D eigenvalue weighted by Crippen LogP contribution is -2.58. The van der Waals surface area contributed by atoms with Gasteiger partial charge in [-0.25, -0.2) is 0 Å². The lowest BCUT2D eigenvalue weighted by molar-refractivity contribution is -0.223. The highest BCUT2D eigenvalue weighted by atomic mass is 35.5. The molecule has 0 bridgehead atoms. The summed E-state index contributed by atoms with van der Waals surface area (Å²) in [6, 6.07) is 12.6. The van der Waals surface area contributed by atoms with Crippen molar-refractivity contribution in [3.63, 3.8) is 0 Å². The van der Waals surface area contributed by atoms with Crippen LogP contribution in [-0.2, 0) is 33.9 Å². The van der Waals surface area contributed by atoms with Crippen LogP contribution in [0.25, 0.3) is 10.9 Å². The molecular formula is C26H31ClN4O3S. The van der Waals surface area contributed by atoms with E-state index in [9.17, 15) is 9.59 Å². The van der Waals surface area contributed by atoms with Gasteiger partial charge in [0.05, 0.1) is 36.1 Å². The zero-order valence-corrected chi connectivity index (χ0v) is 21.9. The van der Waals surface area contributed by atoms with Crippen molar-refractivity contribution in [2.75, 3.05) is 26.2 Å². The topological polar surface area (TPSA) is 58.0 Å². The number of hydroxylamine groups is 2. The third-order valence-corrected chi connectivity index (χ3v) is 8.18. The normalized spacial score (nSPS) is 21.3. The fourth-order valence-electron chi connectivity index (χ4n) is 5.55. The van der Waals surface area contributed by atoms with Crippen molar-refractivity contribution in [3.8, 4) is 0 Å². The fraction of sp³-hybridized carbons (Fsp3) is 0.462. The number of piperazine rings is 1. The molecule has 2 aliphatic heterocycles. The molecule has 2 atom stereocenters. The van der Waals surface area contributed by atoms with E-state index in [2.05, 4.69) is 39.8 Å². The molecule has 0 unspecified atom stereocenters. The molecule has 1 saturated heterocycles. The van der Waals surface area contributed by atoms with E-state index in [-0.39, 0.29) is 24.0 Å². The number of thiophene rings is 1. The molecule has 35 heavy (non-hydrogen) atoms. The van der Waals surface area contributed by atoms with E-state index in [0.717, 1.165) is 23.8 Å². The summed E-state index contributed by atoms with van der Waals surface area (Å²) >= 11 is 7.80. The Hall–Kier alpha value is -2.39. The Kier molecular flexibility index (Phi) is 6.90. The molecule has 0 N–H and O–H groups in total. The highest BCUT2D eigenvalue weighted by Crippen LogP contribution is 2.33. The van der Waals surface area contributed by atoms with Gasteiger partial charge in [-0.2, -0.15) is 0 Å². The number of fused-ring (bicyclic) bond motifs is 3. The Morgan fingerprint density at radius 1 is 1.11 bits per heavy atom. The molecule has 2 aromatic heterocycles. The number of carbonyl (C=O) groups is 2. The second-order valence-corrected chi connectivity index (χ2v) is 11.4. The first-order valence-corrected chi connectivity index (χ1v) is 13.3. The molecule has 3 aromatic rings. The summed E-state index contributed by atoms with van der Waals surface area (Å²) in [7, 11) is 0. The highest BCUT2D eigenvalue weighted by Gasteiger charge is 2.34. The van der Waals surface area contributed by atoms with Gasteiger partial charge in [-0.1, -0.05) is 29.8 Å². The number of rotatable bonds is 5. The summed E-state index contributed by atoms with van der Waals surface area (Å²) in [5, 5.41) is 3.03. The van der Waals surface area contributed by atoms with Crippen molar-refractivity contribution < 1.29 is 14.4 Å². The number of hydrogen-bond donors (Lipinski definition) is 0. The van der Waals surface area contributed by atoms with Gasteiger partial charge in [0.2, 0.25) is 5.91 Å². The Labute approximate surface area is 214 Å². The minimum atomic E-state index is -0.308. The molecule has 0 radical (unpaired) electrons. The predicted molar refractivity (Wildman–Crippen MR) is 138 cm³/mol. The van der Waals surface area contributed by atoms with Crippen LogP contribution in [0.1, 0.15) is 36.9 Å². The largest absolute Gasteiger partial charge is 0.368 e. The van der Waals surface area contributed by atoms with Crippen molar-refractivity contribution >= 4 is 45.7 Å². The van der Waals surface area contributed by atoms with Crippen molar-refractivity contribution in [2.45, 2.75) is 52.4 Å². The molecule has 1 amide bonds. The quantitative estimate of drug-likeness (QED) is 0.511. The van der Waals surface area contributed by atoms with Crippen LogP contribution in [0.15, 0.2) is 36.4 Å². The third kappa shape index (κ3) is 4.98. The second kappa shape index (κ2) is 9.93. The summed E-state index contributed by atoms with van der Waals surface area (Å²) in [5.41, 5.74) is 3.78. The minimum absolute atomic E-state index is 0.0311. The minimum Gasteiger partial charge on any atom is -0.368 e. The first kappa shape index (κ1) is 24.3. The van der Waals surface area contributed by atoms with E-state index < -0.39 is 0 Å². The Morgan fingerprint density at radius 3 is 2.54 bits per heavy atom. The van der Waals surface area contributed by atoms with Gasteiger partial charge in [-0.3, -0.25) is 14.5 Å². The predicted octanol–water partition coefficient (Wildman–Crippen LogP) is 4.16. The SMILES string of the molecule is CC(=O)ON1[C@H](C)CN(CC(=O)N2CCc3c(n(Cc4ccc(Cl)s4)c4ccccc34)C2)C[C@@H]1C. The smallest absolute Gasteiger partial charge is 0.322 e. The zero-order chi connectivity index (χ0) is 24.7. The zero-order valence-electron chi connectivity index (χ0n) is 20.4. The molecule has 4 heterocycles. The molecule has 0 aliphatic carbocycles. The van der Waals surface area contributed by atoms with Crippen LogP contribution in [-0.4, -0.2) is 69.6 Å². The van der Waals surface area contributed by atoms with E-state index in [1.54, 1.807) is 16.4 Å². The number of halogens is 1. The number of carbonyl (C=O) groups excluding carboxylic acids is 2. The average Bonchev–Trinajstić information content (AvgIpc) is 3.37. The average molecular weight is 515 g/mol. The molecular weight excluding hydrogens is 484 g/mol. The summed E-state index contributed by atoms with van der Waals surface area (Å²) in [5.74, 6) is -0.162. The van der Waals surface area contributed by atoms with Gasteiger partial charge in [-0.05, 0) is 44.0 Å². The van der Waals surface area contributed by atoms with Gasteiger partial charge in [0.15, 0.2) is 0 Å². The monoisotopic (exact) mass is 514 g/mol. The van der Waals surface area contributed by atoms with Crippen molar-refractivity contribution in [1.29, 1.82) is 0 Å². The van der Waals surface area contributed by atoms with Gasteiger partial charge in [0.1, 0.15) is 0 Å². The van der Waals surface area contributed by atoms with Crippen LogP contribution in [0.5, 0.6) is 0 Å². The number of nitrogens with zero attached hydrogens (tertiary/aromatic N) is 4. The molecule has 1 aromatic carbocycles. The van der Waals surface area contributed by atoms with Crippen molar-refractivity contribution in [2.24, 2.45) is 0 Å². The standard InChI is InChI=1S/C26H31ClN4O3S/c1-17-12-28(13-18(2)31(17)34-19(3)32)16-26(33)29-11-10-22-21-6-4-5-7-23(21)30(24(22)15-29)14-20-8-9-25(27)35-20/h4-9,17-18H,10-16H2,1-3H3/t17-,18+. The molecule has 5 rings (SSSR count). The third-order valence-electron chi connectivity index (χ3n) is 6.97. The maximum absolute atomic E-state index is 13.4. The Morgan fingerprint density at radius 2 is 1.86 bits per heavy atom. The van der Waals surface area contributed by atoms with Crippen LogP contribution in [0.4, 0.5) is 0 Å². The number of para-hydroxylation sites is 1. The lowest BCUT2D eigenvalue weighted by atomic mass is 10.0. The molecule has 186 valence electrons. The Balaban J connectivity index is 1.32. The number of amides is 1. The number of benzene rings is 1. The molecule has 9 heteroatoms. The van der Waals surface area contributed by atoms with E-state index in [4.69, 9.17) is 16.4 Å². The molecule has 0 spiro atoms. The number of hydrogen-bond acceptors (Lipinski definition) is 6. The molecule has 2 aliphatic rings. The van der Waals surface area contributed by atoms with Gasteiger partial charge in [0, 0.05) is 48.0 Å². The van der Waals surface area contributed by atoms with Gasteiger partial charge >= 0.3 is 5.97 Å². The summed E-state index contributed by atoms with van der Waals surface area (Å²) in [4.78, 5) is 35.6. The van der Waals surface area contributed by atoms with Crippen molar-refractivity contribution in [3.05, 3.63) is 56.9 Å². The van der Waals surface area contributed by atoms with Crippen LogP contribution < -0.4 is 0 Å². The fourth-order valence-corrected chi connectivity index (χ4v) is 6.62. The van der Waals surface area contributed by atoms with Crippen LogP contribution in [0.3, 0.4) is 0 Å². The first-order chi connectivity index (χ1) is 16.8. The van der Waals surface area contributed by atoms with E-state index >= 15 is 0 Å². The first-order valence-electron chi connectivity index (χ1n) is 12.1. The molecule has 1 fully saturated rings. The van der Waals surface area contributed by atoms with Crippen LogP contribution >= 0.6 is 22.9 Å². The second-order valence-electron chi connectivity index (χ2n) is 9.63. The molecule has 7 nitrogen and oxygen atoms in total. The summed E-state index contributed by atoms with van der Waals surface area (Å²) in [6.45, 7) is 9.30. The maximum atomic E-state index is 13.4. The highest BCUT2D eigenvalue weighted by molar-refractivity contribution is 7.16. The van der Waals surface area contributed by atoms with Gasteiger partial charge in [0.25, 0.3) is 0 Å². The van der Waals surface area contributed by atoms with E-state index in [0.29, 0.717) is 26.2 Å². The lowest BCUT2D eigenvalue weighted by Gasteiger charge is -2.42. The Bertz CT molecular complexity index is 1240.